The molecule has 4 rings (SSSR count). The summed E-state index contributed by atoms with van der Waals surface area (Å²) in [6.45, 7) is 2.47. The van der Waals surface area contributed by atoms with Gasteiger partial charge in [-0.15, -0.1) is 0 Å². The number of hydrogen-bond donors (Lipinski definition) is 2. The maximum Gasteiger partial charge on any atom is 0.153 e. The normalized spacial score (nSPS) is 14.7. The van der Waals surface area contributed by atoms with E-state index in [1.54, 1.807) is 17.1 Å². The lowest BCUT2D eigenvalue weighted by molar-refractivity contribution is 0.126. The van der Waals surface area contributed by atoms with Crippen LogP contribution in [0.3, 0.4) is 0 Å². The van der Waals surface area contributed by atoms with Crippen molar-refractivity contribution in [2.24, 2.45) is 5.92 Å². The first-order chi connectivity index (χ1) is 12.6. The van der Waals surface area contributed by atoms with Gasteiger partial charge in [-0.3, -0.25) is 4.90 Å². The fourth-order valence-corrected chi connectivity index (χ4v) is 3.01. The van der Waals surface area contributed by atoms with Gasteiger partial charge in [-0.2, -0.15) is 10.4 Å². The first-order valence-corrected chi connectivity index (χ1v) is 8.26. The van der Waals surface area contributed by atoms with Gasteiger partial charge in [0.25, 0.3) is 0 Å². The molecule has 0 radical (unpaired) electrons. The number of nitrogen functional groups attached to an aromatic ring is 2. The van der Waals surface area contributed by atoms with E-state index in [2.05, 4.69) is 26.0 Å². The van der Waals surface area contributed by atoms with E-state index in [1.807, 2.05) is 30.6 Å². The van der Waals surface area contributed by atoms with Gasteiger partial charge < -0.3 is 11.5 Å². The third kappa shape index (κ3) is 2.96. The van der Waals surface area contributed by atoms with Crippen molar-refractivity contribution in [1.82, 2.24) is 24.6 Å². The predicted molar refractivity (Wildman–Crippen MR) is 97.8 cm³/mol. The molecular formula is C18H18N8. The summed E-state index contributed by atoms with van der Waals surface area (Å²) in [5.74, 6) is 1.20. The van der Waals surface area contributed by atoms with Crippen LogP contribution in [0.15, 0.2) is 43.0 Å². The van der Waals surface area contributed by atoms with Crippen molar-refractivity contribution >= 4 is 11.5 Å². The maximum absolute atomic E-state index is 8.83. The minimum absolute atomic E-state index is 0.166. The Hall–Kier alpha value is -3.44. The number of nitrogens with zero attached hydrogens (tertiary/aromatic N) is 6. The Balaban J connectivity index is 1.49. The van der Waals surface area contributed by atoms with Crippen molar-refractivity contribution in [2.45, 2.75) is 6.54 Å². The molecule has 1 aliphatic heterocycles. The van der Waals surface area contributed by atoms with Gasteiger partial charge in [0.05, 0.1) is 23.9 Å². The van der Waals surface area contributed by atoms with E-state index in [1.165, 1.54) is 0 Å². The number of anilines is 2. The van der Waals surface area contributed by atoms with Crippen LogP contribution in [0.25, 0.3) is 16.9 Å². The van der Waals surface area contributed by atoms with Gasteiger partial charge in [-0.1, -0.05) is 6.07 Å². The van der Waals surface area contributed by atoms with E-state index in [0.717, 1.165) is 42.1 Å². The molecule has 0 unspecified atom stereocenters. The molecule has 4 heterocycles. The highest BCUT2D eigenvalue weighted by Gasteiger charge is 2.26. The van der Waals surface area contributed by atoms with Gasteiger partial charge >= 0.3 is 0 Å². The summed E-state index contributed by atoms with van der Waals surface area (Å²) in [7, 11) is 0. The second kappa shape index (κ2) is 6.46. The van der Waals surface area contributed by atoms with Gasteiger partial charge in [-0.25, -0.2) is 14.6 Å². The van der Waals surface area contributed by atoms with E-state index < -0.39 is 0 Å². The Labute approximate surface area is 150 Å². The van der Waals surface area contributed by atoms with E-state index in [9.17, 15) is 0 Å². The standard InChI is InChI=1S/C18H18N8/c19-5-13-9-25(10-13)8-12-1-2-16(23-6-12)26-11-14(7-24-26)15-3-4-22-18(21)17(15)20/h1-4,6-7,11,13H,8-10,20H2,(H2,21,22). The molecule has 1 saturated heterocycles. The molecule has 1 aliphatic rings. The Morgan fingerprint density at radius 3 is 2.73 bits per heavy atom. The summed E-state index contributed by atoms with van der Waals surface area (Å²) in [5.41, 5.74) is 15.0. The summed E-state index contributed by atoms with van der Waals surface area (Å²) in [4.78, 5) is 10.7. The molecule has 0 bridgehead atoms. The van der Waals surface area contributed by atoms with E-state index in [4.69, 9.17) is 16.7 Å². The van der Waals surface area contributed by atoms with Crippen LogP contribution in [-0.4, -0.2) is 37.7 Å². The molecule has 3 aromatic heterocycles. The molecule has 0 atom stereocenters. The number of aromatic nitrogens is 4. The van der Waals surface area contributed by atoms with Crippen molar-refractivity contribution in [1.29, 1.82) is 5.26 Å². The topological polar surface area (TPSA) is 123 Å². The van der Waals surface area contributed by atoms with Crippen molar-refractivity contribution in [3.8, 4) is 23.0 Å². The van der Waals surface area contributed by atoms with Crippen molar-refractivity contribution in [2.75, 3.05) is 24.6 Å². The Morgan fingerprint density at radius 1 is 1.15 bits per heavy atom. The van der Waals surface area contributed by atoms with Crippen LogP contribution in [0.1, 0.15) is 5.56 Å². The van der Waals surface area contributed by atoms with Crippen LogP contribution in [0.4, 0.5) is 11.5 Å². The molecular weight excluding hydrogens is 328 g/mol. The fourth-order valence-electron chi connectivity index (χ4n) is 3.01. The number of nitrogens with two attached hydrogens (primary N) is 2. The van der Waals surface area contributed by atoms with Crippen molar-refractivity contribution in [3.63, 3.8) is 0 Å². The molecule has 8 nitrogen and oxygen atoms in total. The van der Waals surface area contributed by atoms with Crippen LogP contribution in [0.5, 0.6) is 0 Å². The second-order valence-electron chi connectivity index (χ2n) is 6.38. The van der Waals surface area contributed by atoms with Crippen LogP contribution in [-0.2, 0) is 6.54 Å². The minimum Gasteiger partial charge on any atom is -0.395 e. The number of hydrogen-bond acceptors (Lipinski definition) is 7. The molecule has 0 spiro atoms. The average Bonchev–Trinajstić information content (AvgIpc) is 3.10. The SMILES string of the molecule is N#CC1CN(Cc2ccc(-n3cc(-c4ccnc(N)c4N)cn3)nc2)C1. The lowest BCUT2D eigenvalue weighted by Gasteiger charge is -2.35. The largest absolute Gasteiger partial charge is 0.395 e. The summed E-state index contributed by atoms with van der Waals surface area (Å²) < 4.78 is 1.70. The van der Waals surface area contributed by atoms with Gasteiger partial charge in [0, 0.05) is 49.4 Å². The summed E-state index contributed by atoms with van der Waals surface area (Å²) in [6.07, 6.45) is 7.05. The number of likely N-dealkylation sites (tertiary alicyclic amines) is 1. The molecule has 4 N–H and O–H groups in total. The van der Waals surface area contributed by atoms with Gasteiger partial charge in [0.15, 0.2) is 5.82 Å². The third-order valence-electron chi connectivity index (χ3n) is 4.50. The zero-order valence-corrected chi connectivity index (χ0v) is 14.1. The predicted octanol–water partition coefficient (Wildman–Crippen LogP) is 1.45. The van der Waals surface area contributed by atoms with E-state index in [-0.39, 0.29) is 5.92 Å². The summed E-state index contributed by atoms with van der Waals surface area (Å²) in [6, 6.07) is 8.05. The van der Waals surface area contributed by atoms with Gasteiger partial charge in [0.1, 0.15) is 5.82 Å². The first kappa shape index (κ1) is 16.1. The molecule has 1 fully saturated rings. The maximum atomic E-state index is 8.83. The second-order valence-corrected chi connectivity index (χ2v) is 6.38. The van der Waals surface area contributed by atoms with Crippen LogP contribution >= 0.6 is 0 Å². The average molecular weight is 346 g/mol. The van der Waals surface area contributed by atoms with Gasteiger partial charge in [-0.05, 0) is 17.7 Å². The number of rotatable bonds is 4. The quantitative estimate of drug-likeness (QED) is 0.733. The number of nitriles is 1. The van der Waals surface area contributed by atoms with Crippen molar-refractivity contribution < 1.29 is 0 Å². The molecule has 0 amide bonds. The Kier molecular flexibility index (Phi) is 3.99. The summed E-state index contributed by atoms with van der Waals surface area (Å²) >= 11 is 0. The van der Waals surface area contributed by atoms with E-state index in [0.29, 0.717) is 11.5 Å². The lowest BCUT2D eigenvalue weighted by atomic mass is 10.0. The highest BCUT2D eigenvalue weighted by Crippen LogP contribution is 2.28. The zero-order valence-electron chi connectivity index (χ0n) is 14.1. The summed E-state index contributed by atoms with van der Waals surface area (Å²) in [5, 5.41) is 13.2. The molecule has 8 heteroatoms. The number of pyridine rings is 2. The zero-order chi connectivity index (χ0) is 18.1. The first-order valence-electron chi connectivity index (χ1n) is 8.26. The monoisotopic (exact) mass is 346 g/mol. The molecule has 130 valence electrons. The van der Waals surface area contributed by atoms with Crippen LogP contribution in [0.2, 0.25) is 0 Å². The van der Waals surface area contributed by atoms with Crippen LogP contribution < -0.4 is 11.5 Å². The highest BCUT2D eigenvalue weighted by molar-refractivity contribution is 5.81. The molecule has 3 aromatic rings. The molecule has 26 heavy (non-hydrogen) atoms. The fraction of sp³-hybridized carbons (Fsp3) is 0.222. The Bertz CT molecular complexity index is 964. The van der Waals surface area contributed by atoms with Crippen molar-refractivity contribution in [3.05, 3.63) is 48.5 Å². The third-order valence-corrected chi connectivity index (χ3v) is 4.50. The lowest BCUT2D eigenvalue weighted by Crippen LogP contribution is -2.45. The van der Waals surface area contributed by atoms with Crippen LogP contribution in [0, 0.1) is 17.2 Å². The van der Waals surface area contributed by atoms with Gasteiger partial charge in [0.2, 0.25) is 0 Å². The van der Waals surface area contributed by atoms with E-state index >= 15 is 0 Å². The molecule has 0 aromatic carbocycles. The smallest absolute Gasteiger partial charge is 0.153 e. The Morgan fingerprint density at radius 2 is 2.00 bits per heavy atom. The molecule has 0 aliphatic carbocycles. The molecule has 0 saturated carbocycles. The minimum atomic E-state index is 0.166. The highest BCUT2D eigenvalue weighted by atomic mass is 15.3.